The van der Waals surface area contributed by atoms with Crippen LogP contribution in [0.5, 0.6) is 0 Å². The van der Waals surface area contributed by atoms with Gasteiger partial charge in [-0.3, -0.25) is 0 Å². The van der Waals surface area contributed by atoms with Crippen LogP contribution in [0.15, 0.2) is 18.5 Å². The van der Waals surface area contributed by atoms with Gasteiger partial charge in [-0.2, -0.15) is 5.26 Å². The Morgan fingerprint density at radius 2 is 2.00 bits per heavy atom. The molecule has 1 atom stereocenters. The number of aromatic nitrogens is 2. The molecule has 20 heavy (non-hydrogen) atoms. The third-order valence-corrected chi connectivity index (χ3v) is 3.84. The lowest BCUT2D eigenvalue weighted by atomic mass is 9.98. The van der Waals surface area contributed by atoms with Gasteiger partial charge in [0.25, 0.3) is 0 Å². The number of rotatable bonds is 5. The second-order valence-corrected chi connectivity index (χ2v) is 5.85. The number of hydrogen-bond acceptors (Lipinski definition) is 3. The molecule has 0 amide bonds. The highest BCUT2D eigenvalue weighted by atomic mass is 15.0. The minimum absolute atomic E-state index is 0.704. The van der Waals surface area contributed by atoms with Crippen molar-refractivity contribution in [3.8, 4) is 6.07 Å². The maximum atomic E-state index is 8.88. The highest BCUT2D eigenvalue weighted by Crippen LogP contribution is 2.19. The molecular formula is C16H22N4. The Morgan fingerprint density at radius 1 is 1.30 bits per heavy atom. The van der Waals surface area contributed by atoms with Crippen LogP contribution in [-0.2, 0) is 6.54 Å². The summed E-state index contributed by atoms with van der Waals surface area (Å²) in [5, 5.41) is 8.88. The van der Waals surface area contributed by atoms with Gasteiger partial charge in [0.2, 0.25) is 0 Å². The molecule has 0 aliphatic rings. The molecule has 2 N–H and O–H groups in total. The molecular weight excluding hydrogens is 248 g/mol. The molecule has 0 saturated carbocycles. The summed E-state index contributed by atoms with van der Waals surface area (Å²) in [6.45, 7) is 6.93. The number of nitrogens with zero attached hydrogens (tertiary/aromatic N) is 3. The average molecular weight is 270 g/mol. The molecule has 0 fully saturated rings. The third-order valence-electron chi connectivity index (χ3n) is 3.84. The number of fused-ring (bicyclic) bond motifs is 1. The molecule has 4 nitrogen and oxygen atoms in total. The van der Waals surface area contributed by atoms with E-state index >= 15 is 0 Å². The van der Waals surface area contributed by atoms with Gasteiger partial charge >= 0.3 is 0 Å². The smallest absolute Gasteiger partial charge is 0.101 e. The zero-order chi connectivity index (χ0) is 14.8. The van der Waals surface area contributed by atoms with Gasteiger partial charge in [-0.15, -0.1) is 0 Å². The van der Waals surface area contributed by atoms with Gasteiger partial charge in [0.05, 0.1) is 23.4 Å². The van der Waals surface area contributed by atoms with E-state index in [4.69, 9.17) is 11.0 Å². The summed E-state index contributed by atoms with van der Waals surface area (Å²) in [6, 6.07) is 6.46. The lowest BCUT2D eigenvalue weighted by Gasteiger charge is -2.14. The normalized spacial score (nSPS) is 14.2. The third kappa shape index (κ3) is 3.17. The van der Waals surface area contributed by atoms with Crippen LogP contribution in [-0.4, -0.2) is 15.1 Å². The molecule has 1 aromatic carbocycles. The van der Waals surface area contributed by atoms with Gasteiger partial charge in [-0.25, -0.2) is 4.98 Å². The van der Waals surface area contributed by atoms with Crippen LogP contribution in [0.2, 0.25) is 0 Å². The summed E-state index contributed by atoms with van der Waals surface area (Å²) in [4.78, 5) is 4.45. The summed E-state index contributed by atoms with van der Waals surface area (Å²) < 4.78 is 2.18. The van der Waals surface area contributed by atoms with Crippen LogP contribution in [0.1, 0.15) is 37.3 Å². The van der Waals surface area contributed by atoms with Crippen molar-refractivity contribution >= 4 is 11.0 Å². The van der Waals surface area contributed by atoms with E-state index < -0.39 is 5.54 Å². The van der Waals surface area contributed by atoms with Crippen molar-refractivity contribution in [3.05, 3.63) is 29.6 Å². The first-order valence-corrected chi connectivity index (χ1v) is 7.05. The first kappa shape index (κ1) is 14.5. The van der Waals surface area contributed by atoms with Gasteiger partial charge in [0.15, 0.2) is 0 Å². The van der Waals surface area contributed by atoms with E-state index in [1.165, 1.54) is 16.6 Å². The summed E-state index contributed by atoms with van der Waals surface area (Å²) in [5.74, 6) is 0. The quantitative estimate of drug-likeness (QED) is 0.849. The van der Waals surface area contributed by atoms with Crippen molar-refractivity contribution in [3.63, 3.8) is 0 Å². The molecule has 0 aliphatic carbocycles. The van der Waals surface area contributed by atoms with E-state index in [1.807, 2.05) is 6.33 Å². The fraction of sp³-hybridized carbons (Fsp3) is 0.500. The summed E-state index contributed by atoms with van der Waals surface area (Å²) in [7, 11) is 0. The molecule has 2 aromatic rings. The Hall–Kier alpha value is -1.86. The Kier molecular flexibility index (Phi) is 4.10. The Bertz CT molecular complexity index is 646. The summed E-state index contributed by atoms with van der Waals surface area (Å²) >= 11 is 0. The Labute approximate surface area is 120 Å². The molecule has 0 radical (unpaired) electrons. The predicted molar refractivity (Wildman–Crippen MR) is 81.3 cm³/mol. The minimum Gasteiger partial charge on any atom is -0.331 e. The van der Waals surface area contributed by atoms with Crippen molar-refractivity contribution in [2.75, 3.05) is 0 Å². The van der Waals surface area contributed by atoms with E-state index in [0.717, 1.165) is 31.3 Å². The number of aryl methyl sites for hydroxylation is 3. The maximum Gasteiger partial charge on any atom is 0.101 e. The van der Waals surface area contributed by atoms with E-state index in [2.05, 4.69) is 41.6 Å². The van der Waals surface area contributed by atoms with Crippen LogP contribution < -0.4 is 5.73 Å². The fourth-order valence-corrected chi connectivity index (χ4v) is 2.32. The van der Waals surface area contributed by atoms with Gasteiger partial charge in [0, 0.05) is 6.54 Å². The van der Waals surface area contributed by atoms with Crippen molar-refractivity contribution in [1.29, 1.82) is 5.26 Å². The number of unbranched alkanes of at least 4 members (excludes halogenated alkanes) is 1. The Balaban J connectivity index is 2.01. The van der Waals surface area contributed by atoms with E-state index in [1.54, 1.807) is 6.92 Å². The highest BCUT2D eigenvalue weighted by Gasteiger charge is 2.16. The number of hydrogen-bond donors (Lipinski definition) is 1. The molecule has 0 aliphatic heterocycles. The van der Waals surface area contributed by atoms with Crippen molar-refractivity contribution in [2.24, 2.45) is 5.73 Å². The van der Waals surface area contributed by atoms with Crippen molar-refractivity contribution in [1.82, 2.24) is 9.55 Å². The zero-order valence-corrected chi connectivity index (χ0v) is 12.5. The Morgan fingerprint density at radius 3 is 2.70 bits per heavy atom. The number of benzene rings is 1. The molecule has 0 bridgehead atoms. The van der Waals surface area contributed by atoms with Gasteiger partial charge in [0.1, 0.15) is 5.54 Å². The highest BCUT2D eigenvalue weighted by molar-refractivity contribution is 5.77. The largest absolute Gasteiger partial charge is 0.331 e. The molecule has 106 valence electrons. The van der Waals surface area contributed by atoms with Gasteiger partial charge in [-0.1, -0.05) is 0 Å². The van der Waals surface area contributed by atoms with E-state index in [0.29, 0.717) is 0 Å². The van der Waals surface area contributed by atoms with Crippen molar-refractivity contribution < 1.29 is 0 Å². The number of nitriles is 1. The lowest BCUT2D eigenvalue weighted by Crippen LogP contribution is -2.33. The first-order valence-electron chi connectivity index (χ1n) is 7.05. The van der Waals surface area contributed by atoms with Crippen molar-refractivity contribution in [2.45, 2.75) is 52.1 Å². The molecule has 1 heterocycles. The van der Waals surface area contributed by atoms with E-state index in [-0.39, 0.29) is 0 Å². The summed E-state index contributed by atoms with van der Waals surface area (Å²) in [5.41, 5.74) is 9.92. The molecule has 1 aromatic heterocycles. The minimum atomic E-state index is -0.704. The predicted octanol–water partition coefficient (Wildman–Crippen LogP) is 3.06. The van der Waals surface area contributed by atoms with Gasteiger partial charge < -0.3 is 10.3 Å². The van der Waals surface area contributed by atoms with Crippen LogP contribution >= 0.6 is 0 Å². The molecule has 0 spiro atoms. The molecule has 0 saturated heterocycles. The van der Waals surface area contributed by atoms with Crippen LogP contribution in [0.3, 0.4) is 0 Å². The average Bonchev–Trinajstić information content (AvgIpc) is 2.78. The molecule has 4 heteroatoms. The molecule has 2 rings (SSSR count). The van der Waals surface area contributed by atoms with Crippen LogP contribution in [0.4, 0.5) is 0 Å². The number of imidazole rings is 1. The first-order chi connectivity index (χ1) is 9.43. The second-order valence-electron chi connectivity index (χ2n) is 5.85. The lowest BCUT2D eigenvalue weighted by molar-refractivity contribution is 0.490. The zero-order valence-electron chi connectivity index (χ0n) is 12.5. The topological polar surface area (TPSA) is 67.6 Å². The van der Waals surface area contributed by atoms with Crippen LogP contribution in [0.25, 0.3) is 11.0 Å². The second kappa shape index (κ2) is 5.64. The van der Waals surface area contributed by atoms with E-state index in [9.17, 15) is 0 Å². The van der Waals surface area contributed by atoms with Gasteiger partial charge in [-0.05, 0) is 63.3 Å². The summed E-state index contributed by atoms with van der Waals surface area (Å²) in [6.07, 6.45) is 4.58. The SMILES string of the molecule is Cc1cc2ncn(CCCCC(C)(N)C#N)c2cc1C. The fourth-order valence-electron chi connectivity index (χ4n) is 2.32. The number of nitrogens with two attached hydrogens (primary N) is 1. The van der Waals surface area contributed by atoms with Crippen LogP contribution in [0, 0.1) is 25.2 Å². The monoisotopic (exact) mass is 270 g/mol. The standard InChI is InChI=1S/C16H22N4/c1-12-8-14-15(9-13(12)2)20(11-19-14)7-5-4-6-16(3,18)10-17/h8-9,11H,4-7,18H2,1-3H3. The maximum absolute atomic E-state index is 8.88. The molecule has 1 unspecified atom stereocenters.